The van der Waals surface area contributed by atoms with Crippen LogP contribution in [0.5, 0.6) is 5.75 Å². The van der Waals surface area contributed by atoms with Crippen LogP contribution in [0.25, 0.3) is 0 Å². The number of nitrogens with zero attached hydrogens (tertiary/aromatic N) is 3. The SMILES string of the molecule is CCn1ccnc1CN(C)C(=O)C(C)Oc1ccc(Cl)cc1C. The van der Waals surface area contributed by atoms with Gasteiger partial charge in [-0.2, -0.15) is 0 Å². The van der Waals surface area contributed by atoms with Gasteiger partial charge in [0.05, 0.1) is 6.54 Å². The van der Waals surface area contributed by atoms with E-state index in [4.69, 9.17) is 16.3 Å². The van der Waals surface area contributed by atoms with E-state index < -0.39 is 6.10 Å². The molecule has 5 nitrogen and oxygen atoms in total. The van der Waals surface area contributed by atoms with Gasteiger partial charge >= 0.3 is 0 Å². The number of aryl methyl sites for hydroxylation is 2. The maximum absolute atomic E-state index is 12.5. The second-order valence-corrected chi connectivity index (χ2v) is 5.93. The first kappa shape index (κ1) is 17.3. The second kappa shape index (κ2) is 7.51. The predicted molar refractivity (Wildman–Crippen MR) is 90.7 cm³/mol. The average Bonchev–Trinajstić information content (AvgIpc) is 2.96. The van der Waals surface area contributed by atoms with Gasteiger partial charge in [-0.05, 0) is 44.5 Å². The van der Waals surface area contributed by atoms with Gasteiger partial charge < -0.3 is 14.2 Å². The molecule has 0 aliphatic rings. The molecule has 0 radical (unpaired) electrons. The molecule has 0 saturated carbocycles. The monoisotopic (exact) mass is 335 g/mol. The van der Waals surface area contributed by atoms with Crippen molar-refractivity contribution in [2.45, 2.75) is 40.0 Å². The zero-order valence-corrected chi connectivity index (χ0v) is 14.7. The van der Waals surface area contributed by atoms with Gasteiger partial charge in [0.25, 0.3) is 5.91 Å². The minimum Gasteiger partial charge on any atom is -0.481 e. The molecule has 23 heavy (non-hydrogen) atoms. The molecule has 0 bridgehead atoms. The summed E-state index contributed by atoms with van der Waals surface area (Å²) >= 11 is 5.93. The van der Waals surface area contributed by atoms with Crippen LogP contribution in [0.2, 0.25) is 5.02 Å². The predicted octanol–water partition coefficient (Wildman–Crippen LogP) is 3.29. The van der Waals surface area contributed by atoms with Crippen LogP contribution in [0.1, 0.15) is 25.2 Å². The lowest BCUT2D eigenvalue weighted by atomic mass is 10.2. The second-order valence-electron chi connectivity index (χ2n) is 5.49. The molecule has 6 heteroatoms. The lowest BCUT2D eigenvalue weighted by Gasteiger charge is -2.22. The maximum atomic E-state index is 12.5. The Hall–Kier alpha value is -2.01. The number of imidazole rings is 1. The number of hydrogen-bond acceptors (Lipinski definition) is 3. The zero-order chi connectivity index (χ0) is 17.0. The van der Waals surface area contributed by atoms with E-state index in [9.17, 15) is 4.79 Å². The summed E-state index contributed by atoms with van der Waals surface area (Å²) in [6.45, 7) is 6.97. The largest absolute Gasteiger partial charge is 0.481 e. The summed E-state index contributed by atoms with van der Waals surface area (Å²) < 4.78 is 7.79. The van der Waals surface area contributed by atoms with E-state index >= 15 is 0 Å². The first-order valence-corrected chi connectivity index (χ1v) is 7.98. The number of hydrogen-bond donors (Lipinski definition) is 0. The van der Waals surface area contributed by atoms with Crippen molar-refractivity contribution < 1.29 is 9.53 Å². The van der Waals surface area contributed by atoms with E-state index in [1.807, 2.05) is 30.7 Å². The van der Waals surface area contributed by atoms with Crippen LogP contribution >= 0.6 is 11.6 Å². The van der Waals surface area contributed by atoms with E-state index in [2.05, 4.69) is 4.98 Å². The van der Waals surface area contributed by atoms with Gasteiger partial charge in [-0.15, -0.1) is 0 Å². The highest BCUT2D eigenvalue weighted by atomic mass is 35.5. The van der Waals surface area contributed by atoms with Gasteiger partial charge in [-0.1, -0.05) is 11.6 Å². The van der Waals surface area contributed by atoms with Crippen molar-refractivity contribution in [3.05, 3.63) is 47.0 Å². The van der Waals surface area contributed by atoms with Crippen LogP contribution < -0.4 is 4.74 Å². The van der Waals surface area contributed by atoms with Crippen molar-refractivity contribution in [2.24, 2.45) is 0 Å². The zero-order valence-electron chi connectivity index (χ0n) is 13.9. The Bertz CT molecular complexity index is 684. The highest BCUT2D eigenvalue weighted by molar-refractivity contribution is 6.30. The van der Waals surface area contributed by atoms with Crippen molar-refractivity contribution in [3.63, 3.8) is 0 Å². The molecule has 1 aromatic carbocycles. The van der Waals surface area contributed by atoms with E-state index in [0.717, 1.165) is 17.9 Å². The van der Waals surface area contributed by atoms with Crippen molar-refractivity contribution in [3.8, 4) is 5.75 Å². The molecule has 1 heterocycles. The minimum atomic E-state index is -0.579. The van der Waals surface area contributed by atoms with Crippen LogP contribution in [0.3, 0.4) is 0 Å². The molecular formula is C17H22ClN3O2. The molecule has 2 aromatic rings. The molecule has 1 amide bonds. The third-order valence-electron chi connectivity index (χ3n) is 3.69. The summed E-state index contributed by atoms with van der Waals surface area (Å²) in [5.74, 6) is 1.43. The summed E-state index contributed by atoms with van der Waals surface area (Å²) in [4.78, 5) is 18.4. The molecule has 0 saturated heterocycles. The molecular weight excluding hydrogens is 314 g/mol. The lowest BCUT2D eigenvalue weighted by Crippen LogP contribution is -2.38. The average molecular weight is 336 g/mol. The molecule has 2 rings (SSSR count). The van der Waals surface area contributed by atoms with Gasteiger partial charge in [0.1, 0.15) is 11.6 Å². The van der Waals surface area contributed by atoms with Crippen LogP contribution in [-0.4, -0.2) is 33.5 Å². The summed E-state index contributed by atoms with van der Waals surface area (Å²) in [5, 5.41) is 0.650. The Labute approximate surface area is 141 Å². The molecule has 0 fully saturated rings. The molecule has 124 valence electrons. The van der Waals surface area contributed by atoms with Crippen LogP contribution in [0, 0.1) is 6.92 Å². The fourth-order valence-corrected chi connectivity index (χ4v) is 2.59. The first-order chi connectivity index (χ1) is 10.9. The summed E-state index contributed by atoms with van der Waals surface area (Å²) in [5.41, 5.74) is 0.904. The fourth-order valence-electron chi connectivity index (χ4n) is 2.37. The Kier molecular flexibility index (Phi) is 5.66. The number of carbonyl (C=O) groups is 1. The lowest BCUT2D eigenvalue weighted by molar-refractivity contribution is -0.137. The highest BCUT2D eigenvalue weighted by Gasteiger charge is 2.21. The Morgan fingerprint density at radius 3 is 2.87 bits per heavy atom. The molecule has 1 atom stereocenters. The third kappa shape index (κ3) is 4.26. The first-order valence-electron chi connectivity index (χ1n) is 7.60. The topological polar surface area (TPSA) is 47.4 Å². The van der Waals surface area contributed by atoms with Crippen molar-refractivity contribution in [1.82, 2.24) is 14.5 Å². The highest BCUT2D eigenvalue weighted by Crippen LogP contribution is 2.23. The molecule has 1 aromatic heterocycles. The summed E-state index contributed by atoms with van der Waals surface area (Å²) in [6.07, 6.45) is 3.07. The third-order valence-corrected chi connectivity index (χ3v) is 3.92. The fraction of sp³-hybridized carbons (Fsp3) is 0.412. The Morgan fingerprint density at radius 2 is 2.22 bits per heavy atom. The number of ether oxygens (including phenoxy) is 1. The molecule has 1 unspecified atom stereocenters. The van der Waals surface area contributed by atoms with Gasteiger partial charge in [0.2, 0.25) is 0 Å². The Morgan fingerprint density at radius 1 is 1.48 bits per heavy atom. The molecule has 0 aliphatic carbocycles. The number of carbonyl (C=O) groups excluding carboxylic acids is 1. The quantitative estimate of drug-likeness (QED) is 0.813. The summed E-state index contributed by atoms with van der Waals surface area (Å²) in [6, 6.07) is 5.35. The molecule has 0 N–H and O–H groups in total. The minimum absolute atomic E-state index is 0.0926. The van der Waals surface area contributed by atoms with E-state index in [1.54, 1.807) is 37.2 Å². The van der Waals surface area contributed by atoms with Crippen molar-refractivity contribution >= 4 is 17.5 Å². The van der Waals surface area contributed by atoms with Crippen LogP contribution in [0.4, 0.5) is 0 Å². The Balaban J connectivity index is 2.01. The number of amides is 1. The van der Waals surface area contributed by atoms with Gasteiger partial charge in [0, 0.05) is 31.0 Å². The molecule has 0 spiro atoms. The van der Waals surface area contributed by atoms with Gasteiger partial charge in [-0.25, -0.2) is 4.98 Å². The number of likely N-dealkylation sites (N-methyl/N-ethyl adjacent to an activating group) is 1. The smallest absolute Gasteiger partial charge is 0.263 e. The maximum Gasteiger partial charge on any atom is 0.263 e. The number of halogens is 1. The standard InChI is InChI=1S/C17H22ClN3O2/c1-5-21-9-8-19-16(21)11-20(4)17(22)13(3)23-15-7-6-14(18)10-12(15)2/h6-10,13H,5,11H2,1-4H3. The van der Waals surface area contributed by atoms with Crippen LogP contribution in [0.15, 0.2) is 30.6 Å². The molecule has 0 aliphatic heterocycles. The number of benzene rings is 1. The van der Waals surface area contributed by atoms with E-state index in [-0.39, 0.29) is 5.91 Å². The normalized spacial score (nSPS) is 12.0. The van der Waals surface area contributed by atoms with E-state index in [1.165, 1.54) is 0 Å². The number of aromatic nitrogens is 2. The van der Waals surface area contributed by atoms with Gasteiger partial charge in [-0.3, -0.25) is 4.79 Å². The van der Waals surface area contributed by atoms with Crippen LogP contribution in [-0.2, 0) is 17.9 Å². The van der Waals surface area contributed by atoms with Crippen molar-refractivity contribution in [2.75, 3.05) is 7.05 Å². The summed E-state index contributed by atoms with van der Waals surface area (Å²) in [7, 11) is 1.76. The van der Waals surface area contributed by atoms with Gasteiger partial charge in [0.15, 0.2) is 6.10 Å². The van der Waals surface area contributed by atoms with E-state index in [0.29, 0.717) is 17.3 Å². The van der Waals surface area contributed by atoms with Crippen molar-refractivity contribution in [1.29, 1.82) is 0 Å². The number of rotatable bonds is 6.